The molecule has 27 heavy (non-hydrogen) atoms. The molecule has 0 bridgehead atoms. The number of rotatable bonds is 6. The van der Waals surface area contributed by atoms with E-state index < -0.39 is 0 Å². The van der Waals surface area contributed by atoms with E-state index in [4.69, 9.17) is 0 Å². The number of benzene rings is 1. The van der Waals surface area contributed by atoms with Gasteiger partial charge in [-0.3, -0.25) is 9.69 Å². The van der Waals surface area contributed by atoms with Crippen LogP contribution in [-0.2, 0) is 4.79 Å². The van der Waals surface area contributed by atoms with Crippen LogP contribution in [0.5, 0.6) is 0 Å². The minimum absolute atomic E-state index is 0. The fourth-order valence-corrected chi connectivity index (χ4v) is 4.18. The van der Waals surface area contributed by atoms with Crippen molar-refractivity contribution in [1.29, 1.82) is 0 Å². The third-order valence-electron chi connectivity index (χ3n) is 5.96. The summed E-state index contributed by atoms with van der Waals surface area (Å²) in [5.41, 5.74) is 1.38. The second-order valence-electron chi connectivity index (χ2n) is 7.70. The molecule has 4 nitrogen and oxygen atoms in total. The van der Waals surface area contributed by atoms with Gasteiger partial charge < -0.3 is 10.6 Å². The third-order valence-corrected chi connectivity index (χ3v) is 5.96. The molecule has 2 aliphatic heterocycles. The largest absolute Gasteiger partial charge is 0.353 e. The van der Waals surface area contributed by atoms with Gasteiger partial charge >= 0.3 is 0 Å². The van der Waals surface area contributed by atoms with Crippen LogP contribution in [0.4, 0.5) is 0 Å². The lowest BCUT2D eigenvalue weighted by molar-refractivity contribution is -0.122. The fraction of sp³-hybridized carbons (Fsp3) is 0.667. The molecule has 1 atom stereocenters. The normalized spacial score (nSPS) is 20.2. The number of amides is 1. The maximum Gasteiger partial charge on any atom is 0.220 e. The van der Waals surface area contributed by atoms with E-state index in [-0.39, 0.29) is 30.7 Å². The van der Waals surface area contributed by atoms with Gasteiger partial charge in [0.2, 0.25) is 5.91 Å². The maximum absolute atomic E-state index is 12.3. The van der Waals surface area contributed by atoms with Crippen molar-refractivity contribution in [3.05, 3.63) is 35.9 Å². The Morgan fingerprint density at radius 2 is 1.74 bits per heavy atom. The summed E-state index contributed by atoms with van der Waals surface area (Å²) in [7, 11) is 0. The molecule has 1 unspecified atom stereocenters. The van der Waals surface area contributed by atoms with Gasteiger partial charge in [0.05, 0.1) is 0 Å². The first-order valence-electron chi connectivity index (χ1n) is 10.0. The van der Waals surface area contributed by atoms with Gasteiger partial charge in [-0.25, -0.2) is 0 Å². The van der Waals surface area contributed by atoms with E-state index in [1.807, 2.05) is 0 Å². The first kappa shape index (κ1) is 24.2. The number of hydrogen-bond acceptors (Lipinski definition) is 3. The molecule has 0 spiro atoms. The number of nitrogens with one attached hydrogen (secondary N) is 2. The second kappa shape index (κ2) is 12.6. The second-order valence-corrected chi connectivity index (χ2v) is 7.70. The van der Waals surface area contributed by atoms with Gasteiger partial charge in [0.15, 0.2) is 0 Å². The minimum atomic E-state index is 0. The summed E-state index contributed by atoms with van der Waals surface area (Å²) >= 11 is 0. The number of piperidine rings is 2. The highest BCUT2D eigenvalue weighted by molar-refractivity contribution is 5.85. The first-order chi connectivity index (χ1) is 12.2. The molecule has 2 fully saturated rings. The van der Waals surface area contributed by atoms with Crippen LogP contribution in [-0.4, -0.2) is 43.0 Å². The number of carbonyl (C=O) groups is 1. The number of halogens is 2. The van der Waals surface area contributed by atoms with Crippen LogP contribution >= 0.6 is 24.8 Å². The van der Waals surface area contributed by atoms with Crippen molar-refractivity contribution >= 4 is 30.7 Å². The fourth-order valence-electron chi connectivity index (χ4n) is 4.18. The molecule has 1 aromatic rings. The molecule has 1 aromatic carbocycles. The Morgan fingerprint density at radius 3 is 2.37 bits per heavy atom. The maximum atomic E-state index is 12.3. The predicted octanol–water partition coefficient (Wildman–Crippen LogP) is 3.95. The number of likely N-dealkylation sites (tertiary alicyclic amines) is 1. The molecule has 3 rings (SSSR count). The molecule has 0 aliphatic carbocycles. The Labute approximate surface area is 176 Å². The summed E-state index contributed by atoms with van der Waals surface area (Å²) in [5.74, 6) is 0.994. The predicted molar refractivity (Wildman–Crippen MR) is 117 cm³/mol. The Bertz CT molecular complexity index is 529. The number of hydrogen-bond donors (Lipinski definition) is 2. The van der Waals surface area contributed by atoms with Crippen molar-refractivity contribution in [2.75, 3.05) is 26.2 Å². The molecule has 2 saturated heterocycles. The molecular formula is C21H35Cl2N3O. The topological polar surface area (TPSA) is 44.4 Å². The van der Waals surface area contributed by atoms with Crippen molar-refractivity contribution in [2.45, 2.75) is 57.5 Å². The molecule has 2 aliphatic rings. The van der Waals surface area contributed by atoms with Crippen LogP contribution in [0.15, 0.2) is 30.3 Å². The summed E-state index contributed by atoms with van der Waals surface area (Å²) in [6, 6.07) is 11.5. The zero-order chi connectivity index (χ0) is 17.5. The van der Waals surface area contributed by atoms with Gasteiger partial charge in [0, 0.05) is 31.6 Å². The van der Waals surface area contributed by atoms with Crippen LogP contribution in [0.2, 0.25) is 0 Å². The van der Waals surface area contributed by atoms with Gasteiger partial charge in [-0.1, -0.05) is 30.3 Å². The Balaban J connectivity index is 0.00000182. The Hall–Kier alpha value is -0.810. The van der Waals surface area contributed by atoms with Gasteiger partial charge in [-0.05, 0) is 63.6 Å². The highest BCUT2D eigenvalue weighted by Gasteiger charge is 2.24. The Kier molecular flexibility index (Phi) is 11.3. The van der Waals surface area contributed by atoms with Crippen LogP contribution in [0.1, 0.15) is 57.1 Å². The van der Waals surface area contributed by atoms with Crippen molar-refractivity contribution in [3.63, 3.8) is 0 Å². The standard InChI is InChI=1S/C21H33N3O.2ClH/c1-17(19-5-3-2-4-6-19)24-15-11-20(12-16-24)23-21(25)8-7-18-9-13-22-14-10-18;;/h2-6,17-18,20,22H,7-16H2,1H3,(H,23,25);2*1H. The van der Waals surface area contributed by atoms with Crippen molar-refractivity contribution in [1.82, 2.24) is 15.5 Å². The van der Waals surface area contributed by atoms with Crippen LogP contribution < -0.4 is 10.6 Å². The highest BCUT2D eigenvalue weighted by atomic mass is 35.5. The zero-order valence-electron chi connectivity index (χ0n) is 16.4. The monoisotopic (exact) mass is 415 g/mol. The third kappa shape index (κ3) is 7.61. The van der Waals surface area contributed by atoms with Gasteiger partial charge in [0.25, 0.3) is 0 Å². The number of nitrogens with zero attached hydrogens (tertiary/aromatic N) is 1. The Morgan fingerprint density at radius 1 is 1.11 bits per heavy atom. The van der Waals surface area contributed by atoms with Gasteiger partial charge in [0.1, 0.15) is 0 Å². The lowest BCUT2D eigenvalue weighted by Gasteiger charge is -2.36. The van der Waals surface area contributed by atoms with Gasteiger partial charge in [-0.15, -0.1) is 24.8 Å². The molecule has 0 saturated carbocycles. The zero-order valence-corrected chi connectivity index (χ0v) is 18.0. The highest BCUT2D eigenvalue weighted by Crippen LogP contribution is 2.24. The summed E-state index contributed by atoms with van der Waals surface area (Å²) in [5, 5.41) is 6.66. The molecule has 2 heterocycles. The lowest BCUT2D eigenvalue weighted by Crippen LogP contribution is -2.45. The smallest absolute Gasteiger partial charge is 0.220 e. The molecule has 1 amide bonds. The van der Waals surface area contributed by atoms with E-state index in [1.54, 1.807) is 0 Å². The minimum Gasteiger partial charge on any atom is -0.353 e. The number of carbonyl (C=O) groups excluding carboxylic acids is 1. The van der Waals surface area contributed by atoms with E-state index in [1.165, 1.54) is 18.4 Å². The summed E-state index contributed by atoms with van der Waals surface area (Å²) < 4.78 is 0. The van der Waals surface area contributed by atoms with Crippen LogP contribution in [0.3, 0.4) is 0 Å². The van der Waals surface area contributed by atoms with E-state index in [0.717, 1.165) is 51.4 Å². The average Bonchev–Trinajstić information content (AvgIpc) is 2.68. The molecule has 0 aromatic heterocycles. The van der Waals surface area contributed by atoms with E-state index in [0.29, 0.717) is 18.5 Å². The van der Waals surface area contributed by atoms with E-state index in [9.17, 15) is 4.79 Å². The average molecular weight is 416 g/mol. The lowest BCUT2D eigenvalue weighted by atomic mass is 9.93. The van der Waals surface area contributed by atoms with Crippen molar-refractivity contribution < 1.29 is 4.79 Å². The molecule has 154 valence electrons. The summed E-state index contributed by atoms with van der Waals surface area (Å²) in [6.45, 7) is 6.65. The van der Waals surface area contributed by atoms with Crippen molar-refractivity contribution in [3.8, 4) is 0 Å². The molecular weight excluding hydrogens is 381 g/mol. The first-order valence-corrected chi connectivity index (χ1v) is 10.0. The van der Waals surface area contributed by atoms with E-state index in [2.05, 4.69) is 52.8 Å². The summed E-state index contributed by atoms with van der Waals surface area (Å²) in [4.78, 5) is 14.8. The van der Waals surface area contributed by atoms with E-state index >= 15 is 0 Å². The van der Waals surface area contributed by atoms with Crippen molar-refractivity contribution in [2.24, 2.45) is 5.92 Å². The SMILES string of the molecule is CC(c1ccccc1)N1CCC(NC(=O)CCC2CCNCC2)CC1.Cl.Cl. The molecule has 6 heteroatoms. The van der Waals surface area contributed by atoms with Crippen LogP contribution in [0.25, 0.3) is 0 Å². The van der Waals surface area contributed by atoms with Crippen LogP contribution in [0, 0.1) is 5.92 Å². The van der Waals surface area contributed by atoms with Gasteiger partial charge in [-0.2, -0.15) is 0 Å². The quantitative estimate of drug-likeness (QED) is 0.738. The molecule has 0 radical (unpaired) electrons. The molecule has 2 N–H and O–H groups in total. The summed E-state index contributed by atoms with van der Waals surface area (Å²) in [6.07, 6.45) is 6.33.